The van der Waals surface area contributed by atoms with Crippen molar-refractivity contribution >= 4 is 40.1 Å². The summed E-state index contributed by atoms with van der Waals surface area (Å²) in [5, 5.41) is 0. The Bertz CT molecular complexity index is 607. The largest absolute Gasteiger partial charge is 0.346 e. The number of nitrogens with zero attached hydrogens (tertiary/aromatic N) is 2. The van der Waals surface area contributed by atoms with Crippen LogP contribution in [0.1, 0.15) is 20.7 Å². The maximum absolute atomic E-state index is 12.3. The first-order valence-corrected chi connectivity index (χ1v) is 9.15. The minimum atomic E-state index is -0.194. The Kier molecular flexibility index (Phi) is 4.99. The molecule has 1 aromatic rings. The zero-order valence-electron chi connectivity index (χ0n) is 13.1. The second kappa shape index (κ2) is 6.98. The molecule has 1 saturated heterocycles. The van der Waals surface area contributed by atoms with E-state index in [9.17, 15) is 9.59 Å². The predicted molar refractivity (Wildman–Crippen MR) is 95.1 cm³/mol. The molecule has 2 aliphatic rings. The first-order chi connectivity index (χ1) is 11.1. The number of benzene rings is 1. The molecule has 7 heteroatoms. The molecule has 0 spiro atoms. The third-order valence-electron chi connectivity index (χ3n) is 4.29. The molecule has 1 aromatic carbocycles. The van der Waals surface area contributed by atoms with Gasteiger partial charge in [-0.2, -0.15) is 0 Å². The average molecular weight is 350 g/mol. The van der Waals surface area contributed by atoms with Crippen LogP contribution in [-0.4, -0.2) is 71.5 Å². The van der Waals surface area contributed by atoms with Gasteiger partial charge in [-0.3, -0.25) is 14.5 Å². The zero-order chi connectivity index (χ0) is 16.4. The van der Waals surface area contributed by atoms with Gasteiger partial charge in [0.2, 0.25) is 0 Å². The van der Waals surface area contributed by atoms with Gasteiger partial charge < -0.3 is 9.80 Å². The van der Waals surface area contributed by atoms with Gasteiger partial charge in [-0.15, -0.1) is 0 Å². The van der Waals surface area contributed by atoms with Gasteiger partial charge in [-0.25, -0.2) is 0 Å². The van der Waals surface area contributed by atoms with Crippen LogP contribution >= 0.6 is 24.0 Å². The van der Waals surface area contributed by atoms with Crippen LogP contribution in [0, 0.1) is 0 Å². The summed E-state index contributed by atoms with van der Waals surface area (Å²) in [6, 6.07) is 6.99. The van der Waals surface area contributed by atoms with E-state index in [2.05, 4.69) is 11.9 Å². The van der Waals surface area contributed by atoms with Gasteiger partial charge in [-0.05, 0) is 12.1 Å². The molecule has 0 atom stereocenters. The molecular formula is C16H20N3O2S2+. The fourth-order valence-electron chi connectivity index (χ4n) is 2.83. The number of thioether (sulfide) groups is 1. The van der Waals surface area contributed by atoms with E-state index in [0.29, 0.717) is 23.4 Å². The van der Waals surface area contributed by atoms with Crippen LogP contribution < -0.4 is 4.90 Å². The number of carbonyl (C=O) groups excluding carboxylic acids is 2. The Morgan fingerprint density at radius 2 is 1.74 bits per heavy atom. The molecule has 1 N–H and O–H groups in total. The number of piperazine rings is 1. The maximum Gasteiger partial charge on any atom is 0.261 e. The molecule has 23 heavy (non-hydrogen) atoms. The van der Waals surface area contributed by atoms with Gasteiger partial charge in [0.1, 0.15) is 4.32 Å². The molecule has 0 unspecified atom stereocenters. The SMILES string of the molecule is C[NH+]1CCN(C(=S)SCCN2C(=O)c3ccccc3C2=O)CC1. The number of likely N-dealkylation sites (N-methyl/N-ethyl adjacent to an activating group) is 1. The first-order valence-electron chi connectivity index (χ1n) is 7.76. The smallest absolute Gasteiger partial charge is 0.261 e. The number of nitrogens with one attached hydrogen (secondary N) is 1. The molecule has 0 aromatic heterocycles. The highest BCUT2D eigenvalue weighted by atomic mass is 32.2. The number of hydrogen-bond acceptors (Lipinski definition) is 4. The van der Waals surface area contributed by atoms with Crippen LogP contribution in [0.5, 0.6) is 0 Å². The summed E-state index contributed by atoms with van der Waals surface area (Å²) >= 11 is 7.03. The summed E-state index contributed by atoms with van der Waals surface area (Å²) in [5.41, 5.74) is 1.01. The molecule has 2 amide bonds. The first kappa shape index (κ1) is 16.4. The van der Waals surface area contributed by atoms with Crippen molar-refractivity contribution in [3.8, 4) is 0 Å². The second-order valence-corrected chi connectivity index (χ2v) is 7.59. The quantitative estimate of drug-likeness (QED) is 0.620. The van der Waals surface area contributed by atoms with E-state index in [1.165, 1.54) is 9.80 Å². The molecule has 0 radical (unpaired) electrons. The Morgan fingerprint density at radius 1 is 1.17 bits per heavy atom. The molecular weight excluding hydrogens is 330 g/mol. The zero-order valence-corrected chi connectivity index (χ0v) is 14.7. The van der Waals surface area contributed by atoms with E-state index in [4.69, 9.17) is 12.2 Å². The summed E-state index contributed by atoms with van der Waals surface area (Å²) in [4.78, 5) is 29.6. The molecule has 2 aliphatic heterocycles. The topological polar surface area (TPSA) is 45.1 Å². The fourth-order valence-corrected chi connectivity index (χ4v) is 4.07. The van der Waals surface area contributed by atoms with Gasteiger partial charge in [0.25, 0.3) is 11.8 Å². The molecule has 3 rings (SSSR count). The highest BCUT2D eigenvalue weighted by molar-refractivity contribution is 8.22. The van der Waals surface area contributed by atoms with E-state index in [1.807, 2.05) is 0 Å². The third kappa shape index (κ3) is 3.41. The van der Waals surface area contributed by atoms with E-state index in [-0.39, 0.29) is 11.8 Å². The third-order valence-corrected chi connectivity index (χ3v) is 5.80. The lowest BCUT2D eigenvalue weighted by Crippen LogP contribution is -3.12. The monoisotopic (exact) mass is 350 g/mol. The second-order valence-electron chi connectivity index (χ2n) is 5.87. The molecule has 2 heterocycles. The summed E-state index contributed by atoms with van der Waals surface area (Å²) in [5.74, 6) is 0.254. The van der Waals surface area contributed by atoms with E-state index < -0.39 is 0 Å². The molecule has 122 valence electrons. The van der Waals surface area contributed by atoms with Gasteiger partial charge in [0, 0.05) is 12.3 Å². The highest BCUT2D eigenvalue weighted by Crippen LogP contribution is 2.23. The van der Waals surface area contributed by atoms with E-state index in [0.717, 1.165) is 30.5 Å². The minimum Gasteiger partial charge on any atom is -0.346 e. The number of quaternary nitrogens is 1. The molecule has 0 saturated carbocycles. The molecule has 0 aliphatic carbocycles. The summed E-state index contributed by atoms with van der Waals surface area (Å²) < 4.78 is 0.870. The van der Waals surface area contributed by atoms with Crippen LogP contribution in [0.25, 0.3) is 0 Å². The van der Waals surface area contributed by atoms with Crippen molar-refractivity contribution in [2.75, 3.05) is 45.5 Å². The number of amides is 2. The highest BCUT2D eigenvalue weighted by Gasteiger charge is 2.34. The number of carbonyl (C=O) groups is 2. The standard InChI is InChI=1S/C16H19N3O2S2/c1-17-6-8-18(9-7-17)16(22)23-11-10-19-14(20)12-4-2-3-5-13(12)15(19)21/h2-5H,6-11H2,1H3/p+1. The van der Waals surface area contributed by atoms with E-state index in [1.54, 1.807) is 36.0 Å². The van der Waals surface area contributed by atoms with Gasteiger partial charge in [-0.1, -0.05) is 36.1 Å². The number of rotatable bonds is 3. The Hall–Kier alpha value is -1.44. The Balaban J connectivity index is 1.51. The van der Waals surface area contributed by atoms with E-state index >= 15 is 0 Å². The summed E-state index contributed by atoms with van der Waals surface area (Å²) in [7, 11) is 2.19. The van der Waals surface area contributed by atoms with Crippen LogP contribution in [0.4, 0.5) is 0 Å². The van der Waals surface area contributed by atoms with Crippen LogP contribution in [0.3, 0.4) is 0 Å². The van der Waals surface area contributed by atoms with Crippen molar-refractivity contribution < 1.29 is 14.5 Å². The van der Waals surface area contributed by atoms with Crippen molar-refractivity contribution in [3.63, 3.8) is 0 Å². The predicted octanol–water partition coefficient (Wildman–Crippen LogP) is 0.131. The summed E-state index contributed by atoms with van der Waals surface area (Å²) in [6.07, 6.45) is 0. The average Bonchev–Trinajstić information content (AvgIpc) is 2.81. The van der Waals surface area contributed by atoms with Gasteiger partial charge >= 0.3 is 0 Å². The van der Waals surface area contributed by atoms with Gasteiger partial charge in [0.15, 0.2) is 0 Å². The van der Waals surface area contributed by atoms with Crippen molar-refractivity contribution in [1.82, 2.24) is 9.80 Å². The number of hydrogen-bond donors (Lipinski definition) is 1. The fraction of sp³-hybridized carbons (Fsp3) is 0.438. The molecule has 0 bridgehead atoms. The van der Waals surface area contributed by atoms with Crippen molar-refractivity contribution in [3.05, 3.63) is 35.4 Å². The number of fused-ring (bicyclic) bond motifs is 1. The van der Waals surface area contributed by atoms with Gasteiger partial charge in [0.05, 0.1) is 44.4 Å². The Morgan fingerprint density at radius 3 is 2.30 bits per heavy atom. The Labute approximate surface area is 145 Å². The van der Waals surface area contributed by atoms with Crippen LogP contribution in [0.2, 0.25) is 0 Å². The number of imide groups is 1. The van der Waals surface area contributed by atoms with Crippen LogP contribution in [0.15, 0.2) is 24.3 Å². The van der Waals surface area contributed by atoms with Crippen LogP contribution in [-0.2, 0) is 0 Å². The van der Waals surface area contributed by atoms with Crippen molar-refractivity contribution in [1.29, 1.82) is 0 Å². The normalized spacial score (nSPS) is 18.5. The lowest BCUT2D eigenvalue weighted by molar-refractivity contribution is -0.883. The van der Waals surface area contributed by atoms with Crippen molar-refractivity contribution in [2.24, 2.45) is 0 Å². The summed E-state index contributed by atoms with van der Waals surface area (Å²) in [6.45, 7) is 4.55. The minimum absolute atomic E-state index is 0.194. The molecule has 1 fully saturated rings. The molecule has 5 nitrogen and oxygen atoms in total. The number of thiocarbonyl (C=S) groups is 1. The lowest BCUT2D eigenvalue weighted by Gasteiger charge is -2.31. The lowest BCUT2D eigenvalue weighted by atomic mass is 10.1. The van der Waals surface area contributed by atoms with Crippen molar-refractivity contribution in [2.45, 2.75) is 0 Å². The maximum atomic E-state index is 12.3.